The Balaban J connectivity index is 2.38. The van der Waals surface area contributed by atoms with Crippen LogP contribution in [-0.2, 0) is 0 Å². The van der Waals surface area contributed by atoms with E-state index in [0.717, 1.165) is 6.54 Å². The molecule has 1 aliphatic rings. The molecule has 0 aliphatic carbocycles. The Labute approximate surface area is 66.6 Å². The van der Waals surface area contributed by atoms with Crippen molar-refractivity contribution in [2.24, 2.45) is 4.99 Å². The van der Waals surface area contributed by atoms with Gasteiger partial charge in [-0.05, 0) is 24.3 Å². The van der Waals surface area contributed by atoms with Crippen molar-refractivity contribution in [3.05, 3.63) is 11.0 Å². The fraction of sp³-hybridized carbons (Fsp3) is 0.625. The summed E-state index contributed by atoms with van der Waals surface area (Å²) >= 11 is 1.75. The average Bonchev–Trinajstić information content (AvgIpc) is 1.95. The molecule has 0 aromatic rings. The Morgan fingerprint density at radius 2 is 2.50 bits per heavy atom. The molecule has 0 radical (unpaired) electrons. The number of rotatable bonds is 2. The number of nitrogens with zero attached hydrogens (tertiary/aromatic N) is 1. The van der Waals surface area contributed by atoms with Gasteiger partial charge in [0, 0.05) is 0 Å². The summed E-state index contributed by atoms with van der Waals surface area (Å²) in [4.78, 5) is 4.34. The summed E-state index contributed by atoms with van der Waals surface area (Å²) < 4.78 is 0. The predicted molar refractivity (Wildman–Crippen MR) is 48.6 cm³/mol. The number of hydrogen-bond acceptors (Lipinski definition) is 2. The maximum atomic E-state index is 4.34. The number of thioether (sulfide) groups is 1. The molecule has 0 atom stereocenters. The maximum absolute atomic E-state index is 4.34. The predicted octanol–water partition coefficient (Wildman–Crippen LogP) is 2.84. The third kappa shape index (κ3) is 2.18. The first-order chi connectivity index (χ1) is 4.83. The van der Waals surface area contributed by atoms with Crippen LogP contribution in [0.2, 0.25) is 0 Å². The molecule has 0 aromatic heterocycles. The van der Waals surface area contributed by atoms with Crippen LogP contribution in [-0.4, -0.2) is 11.6 Å². The molecule has 0 bridgehead atoms. The van der Waals surface area contributed by atoms with Gasteiger partial charge < -0.3 is 0 Å². The minimum absolute atomic E-state index is 0.937. The van der Waals surface area contributed by atoms with Crippen LogP contribution in [0.4, 0.5) is 0 Å². The standard InChI is InChI=1S/C8H13NS/c1-3-4-8-5-9-7(2)10-6-8/h6H,3-5H2,1-2H3. The third-order valence-corrected chi connectivity index (χ3v) is 2.39. The van der Waals surface area contributed by atoms with Crippen LogP contribution in [0, 0.1) is 0 Å². The van der Waals surface area contributed by atoms with Crippen LogP contribution in [0.5, 0.6) is 0 Å². The molecule has 10 heavy (non-hydrogen) atoms. The quantitative estimate of drug-likeness (QED) is 0.597. The second-order valence-electron chi connectivity index (χ2n) is 2.48. The normalized spacial score (nSPS) is 18.2. The van der Waals surface area contributed by atoms with Gasteiger partial charge in [-0.1, -0.05) is 25.1 Å². The van der Waals surface area contributed by atoms with Gasteiger partial charge in [0.05, 0.1) is 11.6 Å². The zero-order valence-corrected chi connectivity index (χ0v) is 7.37. The van der Waals surface area contributed by atoms with E-state index in [2.05, 4.69) is 24.2 Å². The summed E-state index contributed by atoms with van der Waals surface area (Å²) in [5.41, 5.74) is 1.48. The molecular weight excluding hydrogens is 142 g/mol. The molecule has 1 aliphatic heterocycles. The molecule has 1 rings (SSSR count). The van der Waals surface area contributed by atoms with Crippen molar-refractivity contribution in [2.75, 3.05) is 6.54 Å². The van der Waals surface area contributed by atoms with E-state index in [0.29, 0.717) is 0 Å². The second-order valence-corrected chi connectivity index (χ2v) is 3.54. The molecule has 56 valence electrons. The van der Waals surface area contributed by atoms with Gasteiger partial charge in [0.1, 0.15) is 0 Å². The van der Waals surface area contributed by atoms with Crippen LogP contribution in [0.3, 0.4) is 0 Å². The van der Waals surface area contributed by atoms with Gasteiger partial charge in [0.25, 0.3) is 0 Å². The molecule has 0 unspecified atom stereocenters. The van der Waals surface area contributed by atoms with E-state index in [1.54, 1.807) is 11.8 Å². The average molecular weight is 155 g/mol. The van der Waals surface area contributed by atoms with Crippen molar-refractivity contribution in [1.29, 1.82) is 0 Å². The van der Waals surface area contributed by atoms with Crippen LogP contribution in [0.25, 0.3) is 0 Å². The van der Waals surface area contributed by atoms with E-state index < -0.39 is 0 Å². The van der Waals surface area contributed by atoms with E-state index in [-0.39, 0.29) is 0 Å². The van der Waals surface area contributed by atoms with E-state index in [1.807, 2.05) is 0 Å². The molecule has 0 spiro atoms. The lowest BCUT2D eigenvalue weighted by Crippen LogP contribution is -1.96. The lowest BCUT2D eigenvalue weighted by Gasteiger charge is -2.08. The largest absolute Gasteiger partial charge is 0.278 e. The molecule has 1 nitrogen and oxygen atoms in total. The highest BCUT2D eigenvalue weighted by atomic mass is 32.2. The van der Waals surface area contributed by atoms with Gasteiger partial charge in [-0.2, -0.15) is 0 Å². The van der Waals surface area contributed by atoms with Crippen molar-refractivity contribution in [1.82, 2.24) is 0 Å². The topological polar surface area (TPSA) is 12.4 Å². The van der Waals surface area contributed by atoms with Gasteiger partial charge in [-0.25, -0.2) is 0 Å². The Bertz CT molecular complexity index is 170. The van der Waals surface area contributed by atoms with Crippen LogP contribution >= 0.6 is 11.8 Å². The fourth-order valence-electron chi connectivity index (χ4n) is 0.915. The third-order valence-electron chi connectivity index (χ3n) is 1.47. The monoisotopic (exact) mass is 155 g/mol. The second kappa shape index (κ2) is 3.81. The summed E-state index contributed by atoms with van der Waals surface area (Å²) in [5, 5.41) is 3.44. The molecule has 1 heterocycles. The van der Waals surface area contributed by atoms with Crippen LogP contribution < -0.4 is 0 Å². The highest BCUT2D eigenvalue weighted by molar-refractivity contribution is 8.16. The summed E-state index contributed by atoms with van der Waals surface area (Å²) in [5.74, 6) is 0. The Kier molecular flexibility index (Phi) is 3.00. The lowest BCUT2D eigenvalue weighted by atomic mass is 10.2. The van der Waals surface area contributed by atoms with Gasteiger partial charge in [0.15, 0.2) is 0 Å². The number of hydrogen-bond donors (Lipinski definition) is 0. The van der Waals surface area contributed by atoms with Crippen molar-refractivity contribution >= 4 is 16.8 Å². The lowest BCUT2D eigenvalue weighted by molar-refractivity contribution is 0.877. The molecule has 0 fully saturated rings. The van der Waals surface area contributed by atoms with E-state index in [4.69, 9.17) is 0 Å². The molecule has 0 N–H and O–H groups in total. The Hall–Kier alpha value is -0.240. The van der Waals surface area contributed by atoms with Crippen molar-refractivity contribution in [2.45, 2.75) is 26.7 Å². The molecular formula is C8H13NS. The Morgan fingerprint density at radius 1 is 1.70 bits per heavy atom. The van der Waals surface area contributed by atoms with Crippen LogP contribution in [0.15, 0.2) is 16.0 Å². The SMILES string of the molecule is CCCC1=CSC(C)=NC1. The summed E-state index contributed by atoms with van der Waals surface area (Å²) in [6, 6.07) is 0. The summed E-state index contributed by atoms with van der Waals surface area (Å²) in [6.45, 7) is 5.20. The van der Waals surface area contributed by atoms with Crippen molar-refractivity contribution < 1.29 is 0 Å². The number of aliphatic imine (C=N–C) groups is 1. The summed E-state index contributed by atoms with van der Waals surface area (Å²) in [7, 11) is 0. The minimum Gasteiger partial charge on any atom is -0.278 e. The van der Waals surface area contributed by atoms with Gasteiger partial charge >= 0.3 is 0 Å². The zero-order chi connectivity index (χ0) is 7.40. The first kappa shape index (κ1) is 7.86. The zero-order valence-electron chi connectivity index (χ0n) is 6.55. The van der Waals surface area contributed by atoms with Crippen LogP contribution in [0.1, 0.15) is 26.7 Å². The maximum Gasteiger partial charge on any atom is 0.0690 e. The molecule has 0 saturated carbocycles. The molecule has 0 aromatic carbocycles. The first-order valence-electron chi connectivity index (χ1n) is 3.68. The van der Waals surface area contributed by atoms with E-state index in [9.17, 15) is 0 Å². The summed E-state index contributed by atoms with van der Waals surface area (Å²) in [6.07, 6.45) is 2.45. The van der Waals surface area contributed by atoms with Crippen molar-refractivity contribution in [3.63, 3.8) is 0 Å². The van der Waals surface area contributed by atoms with Gasteiger partial charge in [-0.3, -0.25) is 4.99 Å². The fourth-order valence-corrected chi connectivity index (χ4v) is 1.58. The highest BCUT2D eigenvalue weighted by Crippen LogP contribution is 2.18. The van der Waals surface area contributed by atoms with Gasteiger partial charge in [0.2, 0.25) is 0 Å². The first-order valence-corrected chi connectivity index (χ1v) is 4.56. The highest BCUT2D eigenvalue weighted by Gasteiger charge is 2.01. The molecule has 0 amide bonds. The smallest absolute Gasteiger partial charge is 0.0690 e. The van der Waals surface area contributed by atoms with Crippen molar-refractivity contribution in [3.8, 4) is 0 Å². The minimum atomic E-state index is 0.937. The van der Waals surface area contributed by atoms with E-state index in [1.165, 1.54) is 23.5 Å². The molecule has 0 saturated heterocycles. The Morgan fingerprint density at radius 3 is 3.00 bits per heavy atom. The van der Waals surface area contributed by atoms with Gasteiger partial charge in [-0.15, -0.1) is 0 Å². The molecule has 2 heteroatoms. The van der Waals surface area contributed by atoms with E-state index >= 15 is 0 Å².